The van der Waals surface area contributed by atoms with Crippen LogP contribution in [0.2, 0.25) is 0 Å². The Balaban J connectivity index is 1.62. The second-order valence-electron chi connectivity index (χ2n) is 6.49. The maximum atomic E-state index is 12.6. The Labute approximate surface area is 154 Å². The summed E-state index contributed by atoms with van der Waals surface area (Å²) in [5, 5.41) is 2.92. The molecule has 1 N–H and O–H groups in total. The average molecular weight is 352 g/mol. The van der Waals surface area contributed by atoms with Crippen molar-refractivity contribution in [2.45, 2.75) is 26.3 Å². The zero-order valence-electron chi connectivity index (χ0n) is 15.0. The number of likely N-dealkylation sites (tertiary alicyclic amines) is 1. The quantitative estimate of drug-likeness (QED) is 0.830. The molecule has 2 aromatic rings. The van der Waals surface area contributed by atoms with Gasteiger partial charge in [0.1, 0.15) is 5.75 Å². The molecular formula is C21H24N2O3. The molecule has 2 amide bonds. The van der Waals surface area contributed by atoms with Crippen LogP contribution in [-0.4, -0.2) is 29.9 Å². The lowest BCUT2D eigenvalue weighted by molar-refractivity contribution is -0.128. The van der Waals surface area contributed by atoms with Crippen molar-refractivity contribution < 1.29 is 14.3 Å². The Morgan fingerprint density at radius 2 is 1.88 bits per heavy atom. The average Bonchev–Trinajstić information content (AvgIpc) is 3.02. The van der Waals surface area contributed by atoms with Crippen molar-refractivity contribution in [3.05, 3.63) is 60.2 Å². The summed E-state index contributed by atoms with van der Waals surface area (Å²) >= 11 is 0. The normalized spacial score (nSPS) is 16.6. The number of rotatable bonds is 7. The van der Waals surface area contributed by atoms with Crippen molar-refractivity contribution in [3.8, 4) is 5.75 Å². The van der Waals surface area contributed by atoms with Crippen molar-refractivity contribution in [1.29, 1.82) is 0 Å². The van der Waals surface area contributed by atoms with E-state index < -0.39 is 0 Å². The summed E-state index contributed by atoms with van der Waals surface area (Å²) in [6, 6.07) is 17.2. The lowest BCUT2D eigenvalue weighted by atomic mass is 10.1. The van der Waals surface area contributed by atoms with Crippen LogP contribution in [0.15, 0.2) is 54.6 Å². The molecular weight excluding hydrogens is 328 g/mol. The molecule has 0 radical (unpaired) electrons. The molecule has 2 aromatic carbocycles. The predicted octanol–water partition coefficient (Wildman–Crippen LogP) is 3.46. The smallest absolute Gasteiger partial charge is 0.229 e. The van der Waals surface area contributed by atoms with Gasteiger partial charge < -0.3 is 15.0 Å². The Morgan fingerprint density at radius 3 is 2.65 bits per heavy atom. The van der Waals surface area contributed by atoms with Gasteiger partial charge in [-0.1, -0.05) is 49.4 Å². The first-order valence-electron chi connectivity index (χ1n) is 9.01. The van der Waals surface area contributed by atoms with Gasteiger partial charge in [-0.05, 0) is 24.1 Å². The summed E-state index contributed by atoms with van der Waals surface area (Å²) in [7, 11) is 0. The number of benzene rings is 2. The van der Waals surface area contributed by atoms with E-state index in [0.717, 1.165) is 12.0 Å². The van der Waals surface area contributed by atoms with Crippen LogP contribution < -0.4 is 10.1 Å². The lowest BCUT2D eigenvalue weighted by Crippen LogP contribution is -2.28. The number of nitrogens with zero attached hydrogens (tertiary/aromatic N) is 1. The maximum absolute atomic E-state index is 12.6. The number of carbonyl (C=O) groups is 2. The number of ether oxygens (including phenoxy) is 1. The first-order chi connectivity index (χ1) is 12.7. The largest absolute Gasteiger partial charge is 0.491 e. The zero-order chi connectivity index (χ0) is 18.4. The van der Waals surface area contributed by atoms with E-state index in [1.807, 2.05) is 61.5 Å². The highest BCUT2D eigenvalue weighted by Crippen LogP contribution is 2.27. The van der Waals surface area contributed by atoms with Gasteiger partial charge in [-0.15, -0.1) is 0 Å². The standard InChI is InChI=1S/C21H24N2O3/c1-2-12-26-19-11-7-6-10-18(19)22-21(25)17-13-20(24)23(15-17)14-16-8-4-3-5-9-16/h3-11,17H,2,12-15H2,1H3,(H,22,25). The third kappa shape index (κ3) is 4.42. The minimum absolute atomic E-state index is 0.0181. The zero-order valence-corrected chi connectivity index (χ0v) is 15.0. The predicted molar refractivity (Wildman–Crippen MR) is 101 cm³/mol. The number of carbonyl (C=O) groups excluding carboxylic acids is 2. The van der Waals surface area contributed by atoms with Crippen LogP contribution in [0.25, 0.3) is 0 Å². The van der Waals surface area contributed by atoms with Crippen LogP contribution in [0.3, 0.4) is 0 Å². The van der Waals surface area contributed by atoms with E-state index in [9.17, 15) is 9.59 Å². The molecule has 0 aliphatic carbocycles. The molecule has 1 aliphatic heterocycles. The number of hydrogen-bond donors (Lipinski definition) is 1. The molecule has 1 aliphatic rings. The van der Waals surface area contributed by atoms with Crippen LogP contribution in [0.4, 0.5) is 5.69 Å². The molecule has 136 valence electrons. The van der Waals surface area contributed by atoms with Gasteiger partial charge in [0.2, 0.25) is 11.8 Å². The van der Waals surface area contributed by atoms with Gasteiger partial charge in [0.05, 0.1) is 18.2 Å². The molecule has 5 heteroatoms. The summed E-state index contributed by atoms with van der Waals surface area (Å²) < 4.78 is 5.68. The van der Waals surface area contributed by atoms with Crippen LogP contribution >= 0.6 is 0 Å². The van der Waals surface area contributed by atoms with Gasteiger partial charge in [-0.3, -0.25) is 9.59 Å². The summed E-state index contributed by atoms with van der Waals surface area (Å²) in [4.78, 5) is 26.7. The fourth-order valence-corrected chi connectivity index (χ4v) is 3.05. The first-order valence-corrected chi connectivity index (χ1v) is 9.01. The van der Waals surface area contributed by atoms with Gasteiger partial charge in [-0.25, -0.2) is 0 Å². The molecule has 0 aromatic heterocycles. The fraction of sp³-hybridized carbons (Fsp3) is 0.333. The topological polar surface area (TPSA) is 58.6 Å². The number of amides is 2. The first kappa shape index (κ1) is 18.0. The number of anilines is 1. The highest BCUT2D eigenvalue weighted by atomic mass is 16.5. The van der Waals surface area contributed by atoms with E-state index in [1.165, 1.54) is 0 Å². The Bertz CT molecular complexity index is 761. The molecule has 0 saturated carbocycles. The monoisotopic (exact) mass is 352 g/mol. The molecule has 1 saturated heterocycles. The minimum atomic E-state index is -0.342. The van der Waals surface area contributed by atoms with Crippen molar-refractivity contribution in [1.82, 2.24) is 4.90 Å². The lowest BCUT2D eigenvalue weighted by Gasteiger charge is -2.17. The van der Waals surface area contributed by atoms with Crippen molar-refractivity contribution in [2.75, 3.05) is 18.5 Å². The van der Waals surface area contributed by atoms with Crippen LogP contribution in [0.5, 0.6) is 5.75 Å². The van der Waals surface area contributed by atoms with Gasteiger partial charge in [0, 0.05) is 19.5 Å². The molecule has 1 fully saturated rings. The molecule has 0 bridgehead atoms. The third-order valence-corrected chi connectivity index (χ3v) is 4.41. The van der Waals surface area contributed by atoms with E-state index in [-0.39, 0.29) is 24.2 Å². The molecule has 0 spiro atoms. The fourth-order valence-electron chi connectivity index (χ4n) is 3.05. The Hall–Kier alpha value is -2.82. The molecule has 26 heavy (non-hydrogen) atoms. The van der Waals surface area contributed by atoms with Crippen molar-refractivity contribution in [2.24, 2.45) is 5.92 Å². The summed E-state index contributed by atoms with van der Waals surface area (Å²) in [6.07, 6.45) is 1.14. The molecule has 3 rings (SSSR count). The van der Waals surface area contributed by atoms with Crippen molar-refractivity contribution >= 4 is 17.5 Å². The van der Waals surface area contributed by atoms with Gasteiger partial charge in [-0.2, -0.15) is 0 Å². The number of hydrogen-bond acceptors (Lipinski definition) is 3. The summed E-state index contributed by atoms with van der Waals surface area (Å²) in [5.74, 6) is 0.199. The molecule has 1 unspecified atom stereocenters. The van der Waals surface area contributed by atoms with Crippen molar-refractivity contribution in [3.63, 3.8) is 0 Å². The van der Waals surface area contributed by atoms with Gasteiger partial charge in [0.15, 0.2) is 0 Å². The second kappa shape index (κ2) is 8.52. The van der Waals surface area contributed by atoms with E-state index in [4.69, 9.17) is 4.74 Å². The summed E-state index contributed by atoms with van der Waals surface area (Å²) in [6.45, 7) is 3.61. The Kier molecular flexibility index (Phi) is 5.89. The minimum Gasteiger partial charge on any atom is -0.491 e. The van der Waals surface area contributed by atoms with Gasteiger partial charge >= 0.3 is 0 Å². The Morgan fingerprint density at radius 1 is 1.15 bits per heavy atom. The van der Waals surface area contributed by atoms with E-state index in [2.05, 4.69) is 5.32 Å². The van der Waals surface area contributed by atoms with Gasteiger partial charge in [0.25, 0.3) is 0 Å². The SMILES string of the molecule is CCCOc1ccccc1NC(=O)C1CC(=O)N(Cc2ccccc2)C1. The molecule has 1 atom stereocenters. The maximum Gasteiger partial charge on any atom is 0.229 e. The number of nitrogens with one attached hydrogen (secondary N) is 1. The number of para-hydroxylation sites is 2. The summed E-state index contributed by atoms with van der Waals surface area (Å²) in [5.41, 5.74) is 1.72. The second-order valence-corrected chi connectivity index (χ2v) is 6.49. The van der Waals surface area contributed by atoms with Crippen LogP contribution in [-0.2, 0) is 16.1 Å². The molecule has 5 nitrogen and oxygen atoms in total. The van der Waals surface area contributed by atoms with E-state index in [0.29, 0.717) is 31.1 Å². The van der Waals surface area contributed by atoms with E-state index >= 15 is 0 Å². The molecule has 1 heterocycles. The third-order valence-electron chi connectivity index (χ3n) is 4.41. The highest BCUT2D eigenvalue weighted by molar-refractivity contribution is 5.98. The van der Waals surface area contributed by atoms with Crippen LogP contribution in [0.1, 0.15) is 25.3 Å². The highest BCUT2D eigenvalue weighted by Gasteiger charge is 2.34. The van der Waals surface area contributed by atoms with E-state index in [1.54, 1.807) is 4.90 Å². The van der Waals surface area contributed by atoms with Crippen LogP contribution in [0, 0.1) is 5.92 Å².